The highest BCUT2D eigenvalue weighted by molar-refractivity contribution is 6.03. The zero-order chi connectivity index (χ0) is 14.1. The van der Waals surface area contributed by atoms with Gasteiger partial charge >= 0.3 is 5.97 Å². The molecule has 2 heterocycles. The zero-order valence-corrected chi connectivity index (χ0v) is 10.9. The van der Waals surface area contributed by atoms with Crippen molar-refractivity contribution in [2.24, 2.45) is 0 Å². The van der Waals surface area contributed by atoms with Crippen LogP contribution in [-0.4, -0.2) is 21.0 Å². The summed E-state index contributed by atoms with van der Waals surface area (Å²) < 4.78 is 0. The number of carboxylic acid groups (broad SMARTS) is 1. The van der Waals surface area contributed by atoms with Gasteiger partial charge in [-0.25, -0.2) is 9.78 Å². The van der Waals surface area contributed by atoms with Gasteiger partial charge < -0.3 is 5.11 Å². The first-order valence-corrected chi connectivity index (χ1v) is 6.20. The molecule has 4 nitrogen and oxygen atoms in total. The molecule has 0 aliphatic heterocycles. The first kappa shape index (κ1) is 12.3. The molecule has 0 fully saturated rings. The van der Waals surface area contributed by atoms with Crippen LogP contribution >= 0.6 is 0 Å². The van der Waals surface area contributed by atoms with Crippen molar-refractivity contribution in [2.75, 3.05) is 0 Å². The van der Waals surface area contributed by atoms with E-state index >= 15 is 0 Å². The fourth-order valence-corrected chi connectivity index (χ4v) is 2.12. The van der Waals surface area contributed by atoms with Gasteiger partial charge in [0.15, 0.2) is 0 Å². The molecule has 4 heteroatoms. The summed E-state index contributed by atoms with van der Waals surface area (Å²) in [5.74, 6) is -0.973. The summed E-state index contributed by atoms with van der Waals surface area (Å²) in [6.45, 7) is 2.01. The van der Waals surface area contributed by atoms with Crippen molar-refractivity contribution in [3.05, 3.63) is 59.9 Å². The Kier molecular flexibility index (Phi) is 2.91. The second kappa shape index (κ2) is 4.74. The number of hydrogen-bond acceptors (Lipinski definition) is 3. The predicted octanol–water partition coefficient (Wildman–Crippen LogP) is 3.30. The molecule has 0 saturated heterocycles. The molecule has 0 spiro atoms. The number of aromatic nitrogens is 2. The molecule has 0 radical (unpaired) electrons. The number of hydrogen-bond donors (Lipinski definition) is 1. The standard InChI is InChI=1S/C16H12N2O2/c1-10-2-4-11(5-3-10)15-8-12(16(19)20)13-9-17-7-6-14(13)18-15/h2-9H,1H3,(H,19,20). The monoisotopic (exact) mass is 264 g/mol. The summed E-state index contributed by atoms with van der Waals surface area (Å²) in [4.78, 5) is 19.9. The van der Waals surface area contributed by atoms with Gasteiger partial charge in [0, 0.05) is 23.3 Å². The minimum atomic E-state index is -0.973. The summed E-state index contributed by atoms with van der Waals surface area (Å²) >= 11 is 0. The third kappa shape index (κ3) is 2.12. The van der Waals surface area contributed by atoms with E-state index in [9.17, 15) is 9.90 Å². The Labute approximate surface area is 115 Å². The minimum absolute atomic E-state index is 0.221. The molecule has 0 atom stereocenters. The van der Waals surface area contributed by atoms with Crippen molar-refractivity contribution < 1.29 is 9.90 Å². The first-order valence-electron chi connectivity index (χ1n) is 6.20. The van der Waals surface area contributed by atoms with E-state index in [1.165, 1.54) is 6.20 Å². The van der Waals surface area contributed by atoms with Crippen LogP contribution in [0.4, 0.5) is 0 Å². The topological polar surface area (TPSA) is 63.1 Å². The van der Waals surface area contributed by atoms with Gasteiger partial charge in [0.2, 0.25) is 0 Å². The van der Waals surface area contributed by atoms with E-state index in [1.807, 2.05) is 31.2 Å². The van der Waals surface area contributed by atoms with Gasteiger partial charge in [0.1, 0.15) is 0 Å². The van der Waals surface area contributed by atoms with E-state index < -0.39 is 5.97 Å². The lowest BCUT2D eigenvalue weighted by molar-refractivity contribution is 0.0699. The van der Waals surface area contributed by atoms with Crippen LogP contribution in [-0.2, 0) is 0 Å². The van der Waals surface area contributed by atoms with E-state index in [-0.39, 0.29) is 5.56 Å². The average molecular weight is 264 g/mol. The lowest BCUT2D eigenvalue weighted by Gasteiger charge is -2.07. The number of fused-ring (bicyclic) bond motifs is 1. The Bertz CT molecular complexity index is 795. The van der Waals surface area contributed by atoms with Crippen molar-refractivity contribution in [2.45, 2.75) is 6.92 Å². The maximum atomic E-state index is 11.4. The van der Waals surface area contributed by atoms with Crippen LogP contribution < -0.4 is 0 Å². The highest BCUT2D eigenvalue weighted by Crippen LogP contribution is 2.24. The van der Waals surface area contributed by atoms with Gasteiger partial charge in [-0.1, -0.05) is 29.8 Å². The van der Waals surface area contributed by atoms with Crippen molar-refractivity contribution >= 4 is 16.9 Å². The Balaban J connectivity index is 2.27. The van der Waals surface area contributed by atoms with E-state index in [4.69, 9.17) is 0 Å². The lowest BCUT2D eigenvalue weighted by atomic mass is 10.0. The third-order valence-electron chi connectivity index (χ3n) is 3.19. The molecule has 3 aromatic rings. The minimum Gasteiger partial charge on any atom is -0.478 e. The number of aryl methyl sites for hydroxylation is 1. The number of pyridine rings is 2. The summed E-state index contributed by atoms with van der Waals surface area (Å²) in [6, 6.07) is 11.2. The van der Waals surface area contributed by atoms with Crippen molar-refractivity contribution in [3.63, 3.8) is 0 Å². The summed E-state index contributed by atoms with van der Waals surface area (Å²) in [5.41, 5.74) is 3.56. The molecule has 0 aliphatic rings. The lowest BCUT2D eigenvalue weighted by Crippen LogP contribution is -2.00. The Morgan fingerprint density at radius 1 is 1.15 bits per heavy atom. The molecule has 0 amide bonds. The molecule has 1 N–H and O–H groups in total. The SMILES string of the molecule is Cc1ccc(-c2cc(C(=O)O)c3cnccc3n2)cc1. The number of benzene rings is 1. The van der Waals surface area contributed by atoms with Crippen LogP contribution in [0.5, 0.6) is 0 Å². The van der Waals surface area contributed by atoms with Crippen LogP contribution in [0.1, 0.15) is 15.9 Å². The van der Waals surface area contributed by atoms with Crippen LogP contribution in [0.2, 0.25) is 0 Å². The van der Waals surface area contributed by atoms with E-state index in [1.54, 1.807) is 18.3 Å². The second-order valence-electron chi connectivity index (χ2n) is 4.62. The fraction of sp³-hybridized carbons (Fsp3) is 0.0625. The highest BCUT2D eigenvalue weighted by Gasteiger charge is 2.12. The summed E-state index contributed by atoms with van der Waals surface area (Å²) in [7, 11) is 0. The molecule has 98 valence electrons. The van der Waals surface area contributed by atoms with Crippen LogP contribution in [0, 0.1) is 6.92 Å². The maximum absolute atomic E-state index is 11.4. The number of carboxylic acids is 1. The Hall–Kier alpha value is -2.75. The largest absolute Gasteiger partial charge is 0.478 e. The normalized spacial score (nSPS) is 10.7. The quantitative estimate of drug-likeness (QED) is 0.771. The molecule has 20 heavy (non-hydrogen) atoms. The molecule has 0 aliphatic carbocycles. The summed E-state index contributed by atoms with van der Waals surface area (Å²) in [6.07, 6.45) is 3.14. The van der Waals surface area contributed by atoms with Gasteiger partial charge in [-0.3, -0.25) is 4.98 Å². The number of nitrogens with zero attached hydrogens (tertiary/aromatic N) is 2. The van der Waals surface area contributed by atoms with E-state index in [0.717, 1.165) is 11.1 Å². The van der Waals surface area contributed by atoms with Crippen LogP contribution in [0.25, 0.3) is 22.2 Å². The zero-order valence-electron chi connectivity index (χ0n) is 10.9. The number of rotatable bonds is 2. The predicted molar refractivity (Wildman–Crippen MR) is 76.7 cm³/mol. The number of carbonyl (C=O) groups is 1. The van der Waals surface area contributed by atoms with Crippen molar-refractivity contribution in [1.29, 1.82) is 0 Å². The first-order chi connectivity index (χ1) is 9.65. The molecule has 3 rings (SSSR count). The number of aromatic carboxylic acids is 1. The van der Waals surface area contributed by atoms with Gasteiger partial charge in [-0.15, -0.1) is 0 Å². The molecule has 0 saturated carbocycles. The Morgan fingerprint density at radius 3 is 2.60 bits per heavy atom. The molecule has 1 aromatic carbocycles. The second-order valence-corrected chi connectivity index (χ2v) is 4.62. The highest BCUT2D eigenvalue weighted by atomic mass is 16.4. The molecule has 0 unspecified atom stereocenters. The Morgan fingerprint density at radius 2 is 1.90 bits per heavy atom. The fourth-order valence-electron chi connectivity index (χ4n) is 2.12. The molecule has 0 bridgehead atoms. The van der Waals surface area contributed by atoms with Gasteiger partial charge in [0.05, 0.1) is 16.8 Å². The maximum Gasteiger partial charge on any atom is 0.336 e. The van der Waals surface area contributed by atoms with Gasteiger partial charge in [-0.2, -0.15) is 0 Å². The van der Waals surface area contributed by atoms with Crippen LogP contribution in [0.15, 0.2) is 48.8 Å². The third-order valence-corrected chi connectivity index (χ3v) is 3.19. The van der Waals surface area contributed by atoms with Crippen LogP contribution in [0.3, 0.4) is 0 Å². The van der Waals surface area contributed by atoms with Gasteiger partial charge in [-0.05, 0) is 19.1 Å². The smallest absolute Gasteiger partial charge is 0.336 e. The molecular formula is C16H12N2O2. The summed E-state index contributed by atoms with van der Waals surface area (Å²) in [5, 5.41) is 9.89. The van der Waals surface area contributed by atoms with E-state index in [2.05, 4.69) is 9.97 Å². The van der Waals surface area contributed by atoms with Crippen molar-refractivity contribution in [3.8, 4) is 11.3 Å². The molecular weight excluding hydrogens is 252 g/mol. The van der Waals surface area contributed by atoms with Crippen molar-refractivity contribution in [1.82, 2.24) is 9.97 Å². The average Bonchev–Trinajstić information content (AvgIpc) is 2.46. The van der Waals surface area contributed by atoms with E-state index in [0.29, 0.717) is 16.6 Å². The molecule has 2 aromatic heterocycles. The van der Waals surface area contributed by atoms with Gasteiger partial charge in [0.25, 0.3) is 0 Å².